The number of anilines is 2. The maximum atomic E-state index is 12.8. The number of rotatable bonds is 5. The molecule has 1 heterocycles. The molecule has 1 unspecified atom stereocenters. The Morgan fingerprint density at radius 3 is 2.65 bits per heavy atom. The molecule has 2 aromatic carbocycles. The van der Waals surface area contributed by atoms with E-state index in [1.54, 1.807) is 13.0 Å². The van der Waals surface area contributed by atoms with Gasteiger partial charge in [0.1, 0.15) is 6.04 Å². The van der Waals surface area contributed by atoms with Crippen molar-refractivity contribution in [3.05, 3.63) is 59.2 Å². The molecule has 134 valence electrons. The summed E-state index contributed by atoms with van der Waals surface area (Å²) in [4.78, 5) is 37.6. The number of carbonyl (C=O) groups excluding carboxylic acids is 2. The predicted molar refractivity (Wildman–Crippen MR) is 98.5 cm³/mol. The largest absolute Gasteiger partial charge is 0.478 e. The van der Waals surface area contributed by atoms with E-state index in [0.29, 0.717) is 11.3 Å². The first kappa shape index (κ1) is 17.7. The van der Waals surface area contributed by atoms with Crippen molar-refractivity contribution in [2.45, 2.75) is 32.7 Å². The van der Waals surface area contributed by atoms with E-state index >= 15 is 0 Å². The van der Waals surface area contributed by atoms with Crippen LogP contribution in [0.3, 0.4) is 0 Å². The van der Waals surface area contributed by atoms with Crippen LogP contribution in [0.25, 0.3) is 0 Å². The third kappa shape index (κ3) is 3.18. The molecule has 1 atom stereocenters. The lowest BCUT2D eigenvalue weighted by molar-refractivity contribution is -0.121. The quantitative estimate of drug-likeness (QED) is 0.808. The first-order valence-corrected chi connectivity index (χ1v) is 8.47. The first-order chi connectivity index (χ1) is 12.4. The summed E-state index contributed by atoms with van der Waals surface area (Å²) in [7, 11) is 0. The molecule has 2 aromatic rings. The third-order valence-electron chi connectivity index (χ3n) is 4.57. The molecule has 3 rings (SSSR count). The number of benzene rings is 2. The van der Waals surface area contributed by atoms with Crippen molar-refractivity contribution in [1.82, 2.24) is 0 Å². The first-order valence-electron chi connectivity index (χ1n) is 8.47. The standard InChI is InChI=1S/C20H20N2O4/c1-3-13-6-4-5-7-15(13)21-16-11-18(23)22(19(16)24)17-10-14(20(25)26)9-8-12(17)2/h4-10,16,21H,3,11H2,1-2H3,(H,25,26). The number of nitrogens with one attached hydrogen (secondary N) is 1. The number of hydrogen-bond donors (Lipinski definition) is 2. The fraction of sp³-hybridized carbons (Fsp3) is 0.250. The van der Waals surface area contributed by atoms with Crippen molar-refractivity contribution in [3.63, 3.8) is 0 Å². The van der Waals surface area contributed by atoms with Crippen LogP contribution in [-0.2, 0) is 16.0 Å². The Labute approximate surface area is 151 Å². The van der Waals surface area contributed by atoms with Crippen LogP contribution < -0.4 is 10.2 Å². The summed E-state index contributed by atoms with van der Waals surface area (Å²) in [5.41, 5.74) is 2.94. The summed E-state index contributed by atoms with van der Waals surface area (Å²) < 4.78 is 0. The van der Waals surface area contributed by atoms with Gasteiger partial charge in [-0.25, -0.2) is 9.69 Å². The van der Waals surface area contributed by atoms with E-state index in [4.69, 9.17) is 0 Å². The normalized spacial score (nSPS) is 16.8. The molecule has 0 aliphatic carbocycles. The van der Waals surface area contributed by atoms with E-state index in [1.165, 1.54) is 12.1 Å². The highest BCUT2D eigenvalue weighted by Gasteiger charge is 2.40. The third-order valence-corrected chi connectivity index (χ3v) is 4.57. The molecule has 6 heteroatoms. The van der Waals surface area contributed by atoms with E-state index in [0.717, 1.165) is 22.6 Å². The molecule has 0 saturated carbocycles. The average molecular weight is 352 g/mol. The number of para-hydroxylation sites is 1. The van der Waals surface area contributed by atoms with Crippen LogP contribution in [0.2, 0.25) is 0 Å². The Morgan fingerprint density at radius 2 is 1.96 bits per heavy atom. The lowest BCUT2D eigenvalue weighted by Crippen LogP contribution is -2.35. The van der Waals surface area contributed by atoms with Gasteiger partial charge < -0.3 is 10.4 Å². The minimum atomic E-state index is -1.10. The Bertz CT molecular complexity index is 891. The van der Waals surface area contributed by atoms with Crippen LogP contribution in [-0.4, -0.2) is 28.9 Å². The monoisotopic (exact) mass is 352 g/mol. The van der Waals surface area contributed by atoms with Gasteiger partial charge in [0.2, 0.25) is 5.91 Å². The van der Waals surface area contributed by atoms with Gasteiger partial charge >= 0.3 is 5.97 Å². The Hall–Kier alpha value is -3.15. The molecule has 2 N–H and O–H groups in total. The van der Waals surface area contributed by atoms with Crippen molar-refractivity contribution >= 4 is 29.2 Å². The van der Waals surface area contributed by atoms with Gasteiger partial charge in [-0.2, -0.15) is 0 Å². The van der Waals surface area contributed by atoms with Crippen LogP contribution in [0.5, 0.6) is 0 Å². The van der Waals surface area contributed by atoms with E-state index in [9.17, 15) is 19.5 Å². The fourth-order valence-corrected chi connectivity index (χ4v) is 3.14. The second-order valence-electron chi connectivity index (χ2n) is 6.29. The second kappa shape index (κ2) is 7.00. The molecule has 1 saturated heterocycles. The SMILES string of the molecule is CCc1ccccc1NC1CC(=O)N(c2cc(C(=O)O)ccc2C)C1=O. The van der Waals surface area contributed by atoms with Gasteiger partial charge in [-0.1, -0.05) is 31.2 Å². The topological polar surface area (TPSA) is 86.7 Å². The molecule has 0 bridgehead atoms. The van der Waals surface area contributed by atoms with Crippen LogP contribution in [0.15, 0.2) is 42.5 Å². The summed E-state index contributed by atoms with van der Waals surface area (Å²) in [6, 6.07) is 11.4. The minimum Gasteiger partial charge on any atom is -0.478 e. The number of carbonyl (C=O) groups is 3. The van der Waals surface area contributed by atoms with Crippen LogP contribution >= 0.6 is 0 Å². The van der Waals surface area contributed by atoms with E-state index in [-0.39, 0.29) is 23.8 Å². The fourth-order valence-electron chi connectivity index (χ4n) is 3.14. The van der Waals surface area contributed by atoms with E-state index in [1.807, 2.05) is 31.2 Å². The van der Waals surface area contributed by atoms with Crippen molar-refractivity contribution in [1.29, 1.82) is 0 Å². The van der Waals surface area contributed by atoms with Gasteiger partial charge in [0, 0.05) is 5.69 Å². The van der Waals surface area contributed by atoms with Gasteiger partial charge in [0.05, 0.1) is 17.7 Å². The van der Waals surface area contributed by atoms with E-state index in [2.05, 4.69) is 5.32 Å². The molecule has 0 radical (unpaired) electrons. The summed E-state index contributed by atoms with van der Waals surface area (Å²) in [5.74, 6) is -1.81. The van der Waals surface area contributed by atoms with Crippen molar-refractivity contribution in [2.75, 3.05) is 10.2 Å². The van der Waals surface area contributed by atoms with Crippen LogP contribution in [0.4, 0.5) is 11.4 Å². The zero-order valence-corrected chi connectivity index (χ0v) is 14.7. The van der Waals surface area contributed by atoms with Crippen molar-refractivity contribution < 1.29 is 19.5 Å². The second-order valence-corrected chi connectivity index (χ2v) is 6.29. The lowest BCUT2D eigenvalue weighted by atomic mass is 10.1. The number of nitrogens with zero attached hydrogens (tertiary/aromatic N) is 1. The zero-order valence-electron chi connectivity index (χ0n) is 14.7. The Balaban J connectivity index is 1.90. The summed E-state index contributed by atoms with van der Waals surface area (Å²) in [6.07, 6.45) is 0.842. The maximum absolute atomic E-state index is 12.8. The molecule has 0 aromatic heterocycles. The highest BCUT2D eigenvalue weighted by atomic mass is 16.4. The molecule has 26 heavy (non-hydrogen) atoms. The zero-order chi connectivity index (χ0) is 18.8. The molecule has 1 fully saturated rings. The van der Waals surface area contributed by atoms with Crippen LogP contribution in [0, 0.1) is 6.92 Å². The van der Waals surface area contributed by atoms with Gasteiger partial charge in [-0.05, 0) is 42.7 Å². The molecule has 1 aliphatic rings. The van der Waals surface area contributed by atoms with Gasteiger partial charge in [0.25, 0.3) is 5.91 Å². The number of imide groups is 1. The maximum Gasteiger partial charge on any atom is 0.335 e. The van der Waals surface area contributed by atoms with E-state index < -0.39 is 12.0 Å². The molecular weight excluding hydrogens is 332 g/mol. The Kier molecular flexibility index (Phi) is 4.75. The van der Waals surface area contributed by atoms with Crippen LogP contribution in [0.1, 0.15) is 34.8 Å². The number of hydrogen-bond acceptors (Lipinski definition) is 4. The molecule has 0 spiro atoms. The average Bonchev–Trinajstić information content (AvgIpc) is 2.89. The summed E-state index contributed by atoms with van der Waals surface area (Å²) in [6.45, 7) is 3.77. The molecule has 1 aliphatic heterocycles. The van der Waals surface area contributed by atoms with Crippen molar-refractivity contribution in [3.8, 4) is 0 Å². The minimum absolute atomic E-state index is 0.0353. The summed E-state index contributed by atoms with van der Waals surface area (Å²) >= 11 is 0. The number of aryl methyl sites for hydroxylation is 2. The van der Waals surface area contributed by atoms with Gasteiger partial charge in [0.15, 0.2) is 0 Å². The Morgan fingerprint density at radius 1 is 1.23 bits per heavy atom. The summed E-state index contributed by atoms with van der Waals surface area (Å²) in [5, 5.41) is 12.3. The number of carboxylic acids is 1. The smallest absolute Gasteiger partial charge is 0.335 e. The lowest BCUT2D eigenvalue weighted by Gasteiger charge is -2.19. The molecular formula is C20H20N2O4. The molecule has 6 nitrogen and oxygen atoms in total. The van der Waals surface area contributed by atoms with Crippen molar-refractivity contribution in [2.24, 2.45) is 0 Å². The predicted octanol–water partition coefficient (Wildman–Crippen LogP) is 3.00. The highest BCUT2D eigenvalue weighted by Crippen LogP contribution is 2.29. The molecule has 2 amide bonds. The number of aromatic carboxylic acids is 1. The van der Waals surface area contributed by atoms with Gasteiger partial charge in [-0.3, -0.25) is 9.59 Å². The number of carboxylic acid groups (broad SMARTS) is 1. The highest BCUT2D eigenvalue weighted by molar-refractivity contribution is 6.23. The van der Waals surface area contributed by atoms with Gasteiger partial charge in [-0.15, -0.1) is 0 Å². The number of amides is 2.